The molecule has 0 atom stereocenters. The van der Waals surface area contributed by atoms with Crippen LogP contribution in [0.15, 0.2) is 23.1 Å². The molecule has 0 aromatic heterocycles. The molecule has 0 heterocycles. The van der Waals surface area contributed by atoms with Gasteiger partial charge < -0.3 is 10.8 Å². The van der Waals surface area contributed by atoms with E-state index in [0.29, 0.717) is 24.4 Å². The number of hydrogen-bond donors (Lipinski definition) is 3. The van der Waals surface area contributed by atoms with Crippen LogP contribution < -0.4 is 10.5 Å². The molecule has 5 nitrogen and oxygen atoms in total. The number of nitrogen functional groups attached to an aromatic ring is 1. The first-order valence-corrected chi connectivity index (χ1v) is 8.78. The van der Waals surface area contributed by atoms with Gasteiger partial charge in [-0.15, -0.1) is 0 Å². The molecule has 1 aliphatic rings. The van der Waals surface area contributed by atoms with E-state index in [-0.39, 0.29) is 11.4 Å². The number of aryl methyl sites for hydroxylation is 1. The van der Waals surface area contributed by atoms with Crippen molar-refractivity contribution in [3.8, 4) is 0 Å². The Morgan fingerprint density at radius 2 is 1.95 bits per heavy atom. The molecule has 6 heteroatoms. The van der Waals surface area contributed by atoms with E-state index in [2.05, 4.69) is 11.6 Å². The van der Waals surface area contributed by atoms with Gasteiger partial charge in [0, 0.05) is 12.2 Å². The lowest BCUT2D eigenvalue weighted by Crippen LogP contribution is -2.45. The van der Waals surface area contributed by atoms with Gasteiger partial charge in [0.1, 0.15) is 0 Å². The third-order valence-corrected chi connectivity index (χ3v) is 5.56. The minimum atomic E-state index is -3.65. The Labute approximate surface area is 126 Å². The maximum atomic E-state index is 12.3. The molecule has 118 valence electrons. The normalized spacial score (nSPS) is 26.7. The summed E-state index contributed by atoms with van der Waals surface area (Å²) in [6.07, 6.45) is 3.12. The zero-order valence-electron chi connectivity index (χ0n) is 12.6. The van der Waals surface area contributed by atoms with E-state index in [4.69, 9.17) is 5.73 Å². The van der Waals surface area contributed by atoms with Crippen LogP contribution in [0.1, 0.15) is 38.2 Å². The van der Waals surface area contributed by atoms with Crippen LogP contribution in [0.4, 0.5) is 5.69 Å². The maximum absolute atomic E-state index is 12.3. The largest absolute Gasteiger partial charge is 0.399 e. The first kappa shape index (κ1) is 16.3. The van der Waals surface area contributed by atoms with Gasteiger partial charge in [-0.2, -0.15) is 0 Å². The van der Waals surface area contributed by atoms with E-state index in [0.717, 1.165) is 18.4 Å². The number of nitrogens with two attached hydrogens (primary N) is 1. The number of nitrogens with one attached hydrogen (secondary N) is 1. The molecule has 4 N–H and O–H groups in total. The minimum Gasteiger partial charge on any atom is -0.399 e. The first-order chi connectivity index (χ1) is 9.70. The van der Waals surface area contributed by atoms with Gasteiger partial charge in [-0.25, -0.2) is 13.1 Å². The predicted octanol–water partition coefficient (Wildman–Crippen LogP) is 1.80. The highest BCUT2D eigenvalue weighted by Crippen LogP contribution is 2.31. The quantitative estimate of drug-likeness (QED) is 0.739. The number of hydrogen-bond acceptors (Lipinski definition) is 4. The number of sulfonamides is 1. The van der Waals surface area contributed by atoms with Crippen LogP contribution >= 0.6 is 0 Å². The van der Waals surface area contributed by atoms with E-state index in [1.807, 2.05) is 0 Å². The highest BCUT2D eigenvalue weighted by Gasteiger charge is 2.33. The topological polar surface area (TPSA) is 92.4 Å². The average Bonchev–Trinajstić information content (AvgIpc) is 2.40. The van der Waals surface area contributed by atoms with Crippen molar-refractivity contribution >= 4 is 15.7 Å². The van der Waals surface area contributed by atoms with Crippen LogP contribution in [0.2, 0.25) is 0 Å². The standard InChI is InChI=1S/C15H24N2O3S/c1-11-3-5-15(18,6-4-11)10-17-21(19,20)14-8-12(2)7-13(16)9-14/h7-9,11,17-18H,3-6,10,16H2,1-2H3. The molecule has 0 bridgehead atoms. The van der Waals surface area contributed by atoms with Gasteiger partial charge in [-0.05, 0) is 62.3 Å². The fourth-order valence-corrected chi connectivity index (χ4v) is 3.98. The Kier molecular flexibility index (Phi) is 4.60. The molecule has 1 saturated carbocycles. The third kappa shape index (κ3) is 4.18. The van der Waals surface area contributed by atoms with Crippen molar-refractivity contribution in [2.45, 2.75) is 50.0 Å². The summed E-state index contributed by atoms with van der Waals surface area (Å²) >= 11 is 0. The molecular formula is C15H24N2O3S. The molecule has 0 saturated heterocycles. The van der Waals surface area contributed by atoms with Gasteiger partial charge in [0.15, 0.2) is 0 Å². The van der Waals surface area contributed by atoms with E-state index in [1.54, 1.807) is 19.1 Å². The molecule has 1 aliphatic carbocycles. The second-order valence-corrected chi connectivity index (χ2v) is 8.08. The summed E-state index contributed by atoms with van der Waals surface area (Å²) in [6, 6.07) is 4.73. The Hall–Kier alpha value is -1.11. The predicted molar refractivity (Wildman–Crippen MR) is 83.4 cm³/mol. The van der Waals surface area contributed by atoms with Gasteiger partial charge in [0.2, 0.25) is 10.0 Å². The monoisotopic (exact) mass is 312 g/mol. The zero-order chi connectivity index (χ0) is 15.7. The van der Waals surface area contributed by atoms with Crippen molar-refractivity contribution in [3.05, 3.63) is 23.8 Å². The molecule has 0 aliphatic heterocycles. The van der Waals surface area contributed by atoms with Crippen molar-refractivity contribution in [2.24, 2.45) is 5.92 Å². The zero-order valence-corrected chi connectivity index (χ0v) is 13.4. The van der Waals surface area contributed by atoms with Crippen LogP contribution in [0.25, 0.3) is 0 Å². The number of rotatable bonds is 4. The van der Waals surface area contributed by atoms with E-state index in [1.165, 1.54) is 6.07 Å². The second kappa shape index (κ2) is 5.94. The summed E-state index contributed by atoms with van der Waals surface area (Å²) in [5, 5.41) is 10.5. The summed E-state index contributed by atoms with van der Waals surface area (Å²) in [4.78, 5) is 0.146. The fourth-order valence-electron chi connectivity index (χ4n) is 2.72. The summed E-state index contributed by atoms with van der Waals surface area (Å²) in [6.45, 7) is 4.00. The van der Waals surface area contributed by atoms with Crippen LogP contribution in [0.3, 0.4) is 0 Å². The molecular weight excluding hydrogens is 288 g/mol. The van der Waals surface area contributed by atoms with E-state index < -0.39 is 15.6 Å². The van der Waals surface area contributed by atoms with Gasteiger partial charge in [-0.1, -0.05) is 6.92 Å². The number of anilines is 1. The maximum Gasteiger partial charge on any atom is 0.240 e. The Morgan fingerprint density at radius 1 is 1.33 bits per heavy atom. The lowest BCUT2D eigenvalue weighted by Gasteiger charge is -2.34. The lowest BCUT2D eigenvalue weighted by molar-refractivity contribution is -0.00182. The molecule has 1 fully saturated rings. The van der Waals surface area contributed by atoms with Crippen molar-refractivity contribution in [1.82, 2.24) is 4.72 Å². The molecule has 0 unspecified atom stereocenters. The second-order valence-electron chi connectivity index (χ2n) is 6.31. The Morgan fingerprint density at radius 3 is 2.52 bits per heavy atom. The van der Waals surface area contributed by atoms with Gasteiger partial charge in [0.25, 0.3) is 0 Å². The van der Waals surface area contributed by atoms with Gasteiger partial charge in [0.05, 0.1) is 10.5 Å². The first-order valence-electron chi connectivity index (χ1n) is 7.29. The van der Waals surface area contributed by atoms with Crippen LogP contribution in [0.5, 0.6) is 0 Å². The molecule has 1 aromatic carbocycles. The smallest absolute Gasteiger partial charge is 0.240 e. The highest BCUT2D eigenvalue weighted by atomic mass is 32.2. The summed E-state index contributed by atoms with van der Waals surface area (Å²) < 4.78 is 27.1. The third-order valence-electron chi connectivity index (χ3n) is 4.18. The molecule has 0 amide bonds. The van der Waals surface area contributed by atoms with E-state index in [9.17, 15) is 13.5 Å². The molecule has 0 spiro atoms. The van der Waals surface area contributed by atoms with Gasteiger partial charge >= 0.3 is 0 Å². The van der Waals surface area contributed by atoms with Crippen molar-refractivity contribution in [1.29, 1.82) is 0 Å². The Balaban J connectivity index is 2.07. The van der Waals surface area contributed by atoms with E-state index >= 15 is 0 Å². The van der Waals surface area contributed by atoms with Crippen LogP contribution in [-0.2, 0) is 10.0 Å². The molecule has 21 heavy (non-hydrogen) atoms. The van der Waals surface area contributed by atoms with Crippen LogP contribution in [0, 0.1) is 12.8 Å². The molecule has 2 rings (SSSR count). The average molecular weight is 312 g/mol. The summed E-state index contributed by atoms with van der Waals surface area (Å²) in [7, 11) is -3.65. The lowest BCUT2D eigenvalue weighted by atomic mass is 9.80. The van der Waals surface area contributed by atoms with Crippen molar-refractivity contribution in [2.75, 3.05) is 12.3 Å². The highest BCUT2D eigenvalue weighted by molar-refractivity contribution is 7.89. The fraction of sp³-hybridized carbons (Fsp3) is 0.600. The van der Waals surface area contributed by atoms with Crippen molar-refractivity contribution < 1.29 is 13.5 Å². The number of aliphatic hydroxyl groups is 1. The molecule has 1 aromatic rings. The summed E-state index contributed by atoms with van der Waals surface area (Å²) in [5.74, 6) is 0.596. The minimum absolute atomic E-state index is 0.0515. The molecule has 0 radical (unpaired) electrons. The number of benzene rings is 1. The van der Waals surface area contributed by atoms with Crippen molar-refractivity contribution in [3.63, 3.8) is 0 Å². The van der Waals surface area contributed by atoms with Crippen LogP contribution in [-0.4, -0.2) is 25.7 Å². The Bertz CT molecular complexity index is 585. The summed E-state index contributed by atoms with van der Waals surface area (Å²) in [5.41, 5.74) is 5.97. The van der Waals surface area contributed by atoms with Gasteiger partial charge in [-0.3, -0.25) is 0 Å². The SMILES string of the molecule is Cc1cc(N)cc(S(=O)(=O)NCC2(O)CCC(C)CC2)c1.